The second-order valence-corrected chi connectivity index (χ2v) is 6.10. The Bertz CT molecular complexity index is 658. The van der Waals surface area contributed by atoms with Crippen LogP contribution in [0.1, 0.15) is 23.7 Å². The molecule has 0 atom stereocenters. The molecule has 0 aliphatic carbocycles. The summed E-state index contributed by atoms with van der Waals surface area (Å²) in [5.41, 5.74) is -1.29. The Morgan fingerprint density at radius 3 is 2.52 bits per heavy atom. The van der Waals surface area contributed by atoms with Gasteiger partial charge in [0.25, 0.3) is 0 Å². The summed E-state index contributed by atoms with van der Waals surface area (Å²) in [4.78, 5) is 9.97. The number of rotatable bonds is 7. The Hall–Kier alpha value is -1.80. The van der Waals surface area contributed by atoms with E-state index in [2.05, 4.69) is 6.58 Å². The number of halogens is 2. The van der Waals surface area contributed by atoms with Crippen LogP contribution in [-0.4, -0.2) is 36.9 Å². The van der Waals surface area contributed by atoms with Crippen molar-refractivity contribution >= 4 is 16.0 Å². The average Bonchev–Trinajstić information content (AvgIpc) is 2.37. The SMILES string of the molecule is C=CCN(CCC)S(=O)(=O)c1ccc(F)c(C(=O)O)c1F. The summed E-state index contributed by atoms with van der Waals surface area (Å²) in [5.74, 6) is -4.80. The third-order valence-corrected chi connectivity index (χ3v) is 4.58. The van der Waals surface area contributed by atoms with Gasteiger partial charge in [-0.1, -0.05) is 13.0 Å². The molecule has 0 fully saturated rings. The van der Waals surface area contributed by atoms with Crippen LogP contribution >= 0.6 is 0 Å². The summed E-state index contributed by atoms with van der Waals surface area (Å²) in [7, 11) is -4.27. The number of carbonyl (C=O) groups is 1. The van der Waals surface area contributed by atoms with Crippen LogP contribution in [0.4, 0.5) is 8.78 Å². The van der Waals surface area contributed by atoms with Crippen LogP contribution in [0.5, 0.6) is 0 Å². The second-order valence-electron chi connectivity index (χ2n) is 4.19. The third kappa shape index (κ3) is 3.45. The van der Waals surface area contributed by atoms with Gasteiger partial charge in [0.05, 0.1) is 0 Å². The van der Waals surface area contributed by atoms with Gasteiger partial charge in [-0.2, -0.15) is 4.31 Å². The smallest absolute Gasteiger partial charge is 0.341 e. The van der Waals surface area contributed by atoms with Crippen molar-refractivity contribution in [3.63, 3.8) is 0 Å². The zero-order chi connectivity index (χ0) is 16.2. The average molecular weight is 319 g/mol. The van der Waals surface area contributed by atoms with Crippen LogP contribution < -0.4 is 0 Å². The topological polar surface area (TPSA) is 74.7 Å². The molecule has 0 saturated carbocycles. The summed E-state index contributed by atoms with van der Waals surface area (Å²) in [6, 6.07) is 1.34. The van der Waals surface area contributed by atoms with E-state index in [0.29, 0.717) is 12.5 Å². The molecule has 0 aliphatic heterocycles. The summed E-state index contributed by atoms with van der Waals surface area (Å²) in [6.45, 7) is 5.19. The van der Waals surface area contributed by atoms with Gasteiger partial charge >= 0.3 is 5.97 Å². The minimum absolute atomic E-state index is 0.0601. The van der Waals surface area contributed by atoms with Crippen molar-refractivity contribution < 1.29 is 27.1 Å². The summed E-state index contributed by atoms with van der Waals surface area (Å²) in [6.07, 6.45) is 1.80. The molecule has 0 saturated heterocycles. The number of aromatic carboxylic acids is 1. The van der Waals surface area contributed by atoms with Gasteiger partial charge in [-0.25, -0.2) is 22.0 Å². The highest BCUT2D eigenvalue weighted by Gasteiger charge is 2.30. The van der Waals surface area contributed by atoms with E-state index in [9.17, 15) is 22.0 Å². The molecule has 0 bridgehead atoms. The number of sulfonamides is 1. The molecular weight excluding hydrogens is 304 g/mol. The van der Waals surface area contributed by atoms with Gasteiger partial charge in [-0.05, 0) is 18.6 Å². The Balaban J connectivity index is 3.47. The standard InChI is InChI=1S/C13H15F2NO4S/c1-3-7-16(8-4-2)21(19,20)10-6-5-9(14)11(12(10)15)13(17)18/h3,5-6H,1,4,7-8H2,2H3,(H,17,18). The first kappa shape index (κ1) is 17.3. The molecule has 8 heteroatoms. The molecule has 0 aromatic heterocycles. The fourth-order valence-corrected chi connectivity index (χ4v) is 3.34. The predicted octanol–water partition coefficient (Wildman–Crippen LogP) is 2.25. The largest absolute Gasteiger partial charge is 0.477 e. The Kier molecular flexibility index (Phi) is 5.56. The van der Waals surface area contributed by atoms with E-state index < -0.39 is 38.1 Å². The highest BCUT2D eigenvalue weighted by Crippen LogP contribution is 2.24. The number of hydrogen-bond donors (Lipinski definition) is 1. The maximum atomic E-state index is 14.1. The van der Waals surface area contributed by atoms with Gasteiger partial charge in [-0.3, -0.25) is 0 Å². The van der Waals surface area contributed by atoms with Crippen molar-refractivity contribution in [3.05, 3.63) is 42.0 Å². The molecule has 1 rings (SSSR count). The monoisotopic (exact) mass is 319 g/mol. The molecular formula is C13H15F2NO4S. The first-order valence-corrected chi connectivity index (χ1v) is 7.53. The van der Waals surface area contributed by atoms with Crippen molar-refractivity contribution in [2.75, 3.05) is 13.1 Å². The van der Waals surface area contributed by atoms with Gasteiger partial charge in [0.15, 0.2) is 5.82 Å². The Morgan fingerprint density at radius 2 is 2.05 bits per heavy atom. The fourth-order valence-electron chi connectivity index (χ4n) is 1.77. The first-order valence-electron chi connectivity index (χ1n) is 6.09. The summed E-state index contributed by atoms with van der Waals surface area (Å²) < 4.78 is 53.0. The fraction of sp³-hybridized carbons (Fsp3) is 0.308. The molecule has 116 valence electrons. The van der Waals surface area contributed by atoms with Crippen molar-refractivity contribution in [1.82, 2.24) is 4.31 Å². The van der Waals surface area contributed by atoms with E-state index in [4.69, 9.17) is 5.11 Å². The number of carboxylic acid groups (broad SMARTS) is 1. The minimum atomic E-state index is -4.27. The van der Waals surface area contributed by atoms with Crippen molar-refractivity contribution in [1.29, 1.82) is 0 Å². The molecule has 1 aromatic carbocycles. The molecule has 0 spiro atoms. The highest BCUT2D eigenvalue weighted by atomic mass is 32.2. The van der Waals surface area contributed by atoms with E-state index in [1.807, 2.05) is 0 Å². The maximum Gasteiger partial charge on any atom is 0.341 e. The third-order valence-electron chi connectivity index (χ3n) is 2.69. The van der Waals surface area contributed by atoms with Gasteiger partial charge in [0.2, 0.25) is 10.0 Å². The van der Waals surface area contributed by atoms with E-state index in [1.54, 1.807) is 6.92 Å². The number of benzene rings is 1. The molecule has 0 amide bonds. The first-order chi connectivity index (χ1) is 9.77. The lowest BCUT2D eigenvalue weighted by Crippen LogP contribution is -2.33. The van der Waals surface area contributed by atoms with Crippen LogP contribution in [0.25, 0.3) is 0 Å². The zero-order valence-electron chi connectivity index (χ0n) is 11.3. The normalized spacial score (nSPS) is 11.6. The van der Waals surface area contributed by atoms with Crippen LogP contribution in [0.15, 0.2) is 29.7 Å². The number of carboxylic acids is 1. The Morgan fingerprint density at radius 1 is 1.43 bits per heavy atom. The molecule has 0 aliphatic rings. The predicted molar refractivity (Wildman–Crippen MR) is 72.6 cm³/mol. The maximum absolute atomic E-state index is 14.1. The minimum Gasteiger partial charge on any atom is -0.477 e. The molecule has 1 aromatic rings. The van der Waals surface area contributed by atoms with Gasteiger partial charge < -0.3 is 5.11 Å². The molecule has 1 N–H and O–H groups in total. The van der Waals surface area contributed by atoms with Gasteiger partial charge in [-0.15, -0.1) is 6.58 Å². The van der Waals surface area contributed by atoms with E-state index in [1.165, 1.54) is 6.08 Å². The van der Waals surface area contributed by atoms with Crippen molar-refractivity contribution in [2.45, 2.75) is 18.2 Å². The van der Waals surface area contributed by atoms with Crippen LogP contribution in [-0.2, 0) is 10.0 Å². The van der Waals surface area contributed by atoms with Crippen LogP contribution in [0, 0.1) is 11.6 Å². The van der Waals surface area contributed by atoms with Crippen LogP contribution in [0.3, 0.4) is 0 Å². The van der Waals surface area contributed by atoms with Crippen molar-refractivity contribution in [3.8, 4) is 0 Å². The lowest BCUT2D eigenvalue weighted by atomic mass is 10.2. The molecule has 0 unspecified atom stereocenters. The molecule has 0 radical (unpaired) electrons. The zero-order valence-corrected chi connectivity index (χ0v) is 12.2. The second kappa shape index (κ2) is 6.77. The lowest BCUT2D eigenvalue weighted by molar-refractivity contribution is 0.0685. The summed E-state index contributed by atoms with van der Waals surface area (Å²) >= 11 is 0. The van der Waals surface area contributed by atoms with Crippen LogP contribution in [0.2, 0.25) is 0 Å². The van der Waals surface area contributed by atoms with E-state index in [0.717, 1.165) is 10.4 Å². The number of hydrogen-bond acceptors (Lipinski definition) is 3. The van der Waals surface area contributed by atoms with Gasteiger partial charge in [0.1, 0.15) is 16.3 Å². The Labute approximate surface area is 121 Å². The molecule has 0 heterocycles. The molecule has 21 heavy (non-hydrogen) atoms. The van der Waals surface area contributed by atoms with Gasteiger partial charge in [0, 0.05) is 13.1 Å². The molecule has 5 nitrogen and oxygen atoms in total. The lowest BCUT2D eigenvalue weighted by Gasteiger charge is -2.20. The van der Waals surface area contributed by atoms with E-state index in [-0.39, 0.29) is 13.1 Å². The van der Waals surface area contributed by atoms with Crippen molar-refractivity contribution in [2.24, 2.45) is 0 Å². The summed E-state index contributed by atoms with van der Waals surface area (Å²) in [5, 5.41) is 8.78. The highest BCUT2D eigenvalue weighted by molar-refractivity contribution is 7.89. The number of nitrogens with zero attached hydrogens (tertiary/aromatic N) is 1. The van der Waals surface area contributed by atoms with E-state index >= 15 is 0 Å². The quantitative estimate of drug-likeness (QED) is 0.782.